The van der Waals surface area contributed by atoms with E-state index in [0.717, 1.165) is 37.4 Å². The molecule has 2 aromatic rings. The SMILES string of the molecule is CC[C@H](Oc1ccc(=O)n(-c2ccc(F)cc2)n1)C(=O)NCCN1CCN(C)CC1. The smallest absolute Gasteiger partial charge is 0.271 e. The van der Waals surface area contributed by atoms with Gasteiger partial charge in [-0.15, -0.1) is 5.10 Å². The van der Waals surface area contributed by atoms with Crippen LogP contribution >= 0.6 is 0 Å². The summed E-state index contributed by atoms with van der Waals surface area (Å²) in [5.74, 6) is -0.466. The van der Waals surface area contributed by atoms with E-state index in [9.17, 15) is 14.0 Å². The first-order valence-corrected chi connectivity index (χ1v) is 10.2. The molecule has 0 aliphatic carbocycles. The van der Waals surface area contributed by atoms with Gasteiger partial charge in [0.05, 0.1) is 5.69 Å². The number of carbonyl (C=O) groups is 1. The van der Waals surface area contributed by atoms with Gasteiger partial charge in [-0.2, -0.15) is 4.68 Å². The summed E-state index contributed by atoms with van der Waals surface area (Å²) < 4.78 is 20.0. The van der Waals surface area contributed by atoms with Gasteiger partial charge in [0.15, 0.2) is 6.10 Å². The molecule has 1 atom stereocenters. The van der Waals surface area contributed by atoms with Crippen LogP contribution in [0.3, 0.4) is 0 Å². The van der Waals surface area contributed by atoms with E-state index in [2.05, 4.69) is 27.3 Å². The molecule has 8 nitrogen and oxygen atoms in total. The van der Waals surface area contributed by atoms with Gasteiger partial charge in [-0.25, -0.2) is 4.39 Å². The molecular weight excluding hydrogens is 389 g/mol. The van der Waals surface area contributed by atoms with E-state index < -0.39 is 11.9 Å². The standard InChI is InChI=1S/C21H28FN5O3/c1-3-18(21(29)23-10-11-26-14-12-25(2)13-15-26)30-19-8-9-20(28)27(24-19)17-6-4-16(22)5-7-17/h4-9,18H,3,10-15H2,1-2H3,(H,23,29)/t18-/m0/s1. The van der Waals surface area contributed by atoms with Crippen LogP contribution in [0.5, 0.6) is 5.88 Å². The van der Waals surface area contributed by atoms with Crippen LogP contribution in [0.25, 0.3) is 5.69 Å². The molecule has 162 valence electrons. The van der Waals surface area contributed by atoms with Crippen LogP contribution in [-0.2, 0) is 4.79 Å². The van der Waals surface area contributed by atoms with Gasteiger partial charge >= 0.3 is 0 Å². The molecule has 2 heterocycles. The summed E-state index contributed by atoms with van der Waals surface area (Å²) in [6.45, 7) is 7.24. The second kappa shape index (κ2) is 10.3. The maximum absolute atomic E-state index is 13.1. The van der Waals surface area contributed by atoms with Crippen molar-refractivity contribution in [1.29, 1.82) is 0 Å². The lowest BCUT2D eigenvalue weighted by molar-refractivity contribution is -0.128. The number of nitrogens with zero attached hydrogens (tertiary/aromatic N) is 4. The summed E-state index contributed by atoms with van der Waals surface area (Å²) in [4.78, 5) is 29.3. The number of benzene rings is 1. The van der Waals surface area contributed by atoms with Gasteiger partial charge < -0.3 is 15.0 Å². The highest BCUT2D eigenvalue weighted by atomic mass is 19.1. The molecule has 3 rings (SSSR count). The number of hydrogen-bond donors (Lipinski definition) is 1. The molecule has 1 N–H and O–H groups in total. The minimum absolute atomic E-state index is 0.153. The van der Waals surface area contributed by atoms with Gasteiger partial charge in [0, 0.05) is 51.4 Å². The van der Waals surface area contributed by atoms with Crippen LogP contribution in [0, 0.1) is 5.82 Å². The molecule has 1 fully saturated rings. The van der Waals surface area contributed by atoms with Crippen LogP contribution in [0.1, 0.15) is 13.3 Å². The van der Waals surface area contributed by atoms with E-state index >= 15 is 0 Å². The largest absolute Gasteiger partial charge is 0.463 e. The van der Waals surface area contributed by atoms with Crippen LogP contribution in [0.2, 0.25) is 0 Å². The van der Waals surface area contributed by atoms with Crippen molar-refractivity contribution in [2.45, 2.75) is 19.4 Å². The normalized spacial score (nSPS) is 16.2. The highest BCUT2D eigenvalue weighted by Gasteiger charge is 2.20. The Bertz CT molecular complexity index is 894. The van der Waals surface area contributed by atoms with E-state index in [1.807, 2.05) is 6.92 Å². The number of carbonyl (C=O) groups excluding carboxylic acids is 1. The second-order valence-electron chi connectivity index (χ2n) is 7.35. The van der Waals surface area contributed by atoms with Crippen LogP contribution in [0.15, 0.2) is 41.2 Å². The molecule has 0 bridgehead atoms. The van der Waals surface area contributed by atoms with Gasteiger partial charge in [-0.1, -0.05) is 6.92 Å². The van der Waals surface area contributed by atoms with Crippen molar-refractivity contribution in [3.8, 4) is 11.6 Å². The molecule has 0 unspecified atom stereocenters. The minimum atomic E-state index is -0.718. The first-order chi connectivity index (χ1) is 14.5. The van der Waals surface area contributed by atoms with Gasteiger partial charge in [0.25, 0.3) is 11.5 Å². The Hall–Kier alpha value is -2.78. The highest BCUT2D eigenvalue weighted by Crippen LogP contribution is 2.11. The number of rotatable bonds is 8. The van der Waals surface area contributed by atoms with Crippen molar-refractivity contribution >= 4 is 5.91 Å². The minimum Gasteiger partial charge on any atom is -0.463 e. The first-order valence-electron chi connectivity index (χ1n) is 10.2. The lowest BCUT2D eigenvalue weighted by atomic mass is 10.2. The van der Waals surface area contributed by atoms with Crippen molar-refractivity contribution in [1.82, 2.24) is 24.9 Å². The molecule has 1 amide bonds. The molecule has 0 radical (unpaired) electrons. The Morgan fingerprint density at radius 2 is 1.87 bits per heavy atom. The van der Waals surface area contributed by atoms with Crippen molar-refractivity contribution in [2.75, 3.05) is 46.3 Å². The molecule has 0 saturated carbocycles. The fourth-order valence-electron chi connectivity index (χ4n) is 3.22. The second-order valence-corrected chi connectivity index (χ2v) is 7.35. The van der Waals surface area contributed by atoms with E-state index in [1.165, 1.54) is 36.4 Å². The van der Waals surface area contributed by atoms with Crippen molar-refractivity contribution in [3.05, 3.63) is 52.6 Å². The number of nitrogens with one attached hydrogen (secondary N) is 1. The number of hydrogen-bond acceptors (Lipinski definition) is 6. The Morgan fingerprint density at radius 1 is 1.17 bits per heavy atom. The molecule has 1 aromatic heterocycles. The Balaban J connectivity index is 1.58. The van der Waals surface area contributed by atoms with Gasteiger partial charge in [-0.3, -0.25) is 14.5 Å². The molecule has 9 heteroatoms. The third-order valence-corrected chi connectivity index (χ3v) is 5.10. The first kappa shape index (κ1) is 21.9. The Morgan fingerprint density at radius 3 is 2.53 bits per heavy atom. The van der Waals surface area contributed by atoms with Gasteiger partial charge in [0.1, 0.15) is 5.82 Å². The summed E-state index contributed by atoms with van der Waals surface area (Å²) in [7, 11) is 2.11. The predicted molar refractivity (Wildman–Crippen MR) is 111 cm³/mol. The number of halogens is 1. The molecule has 30 heavy (non-hydrogen) atoms. The lowest BCUT2D eigenvalue weighted by Crippen LogP contribution is -2.48. The summed E-state index contributed by atoms with van der Waals surface area (Å²) in [6.07, 6.45) is -0.262. The van der Waals surface area contributed by atoms with Gasteiger partial charge in [0.2, 0.25) is 5.88 Å². The summed E-state index contributed by atoms with van der Waals surface area (Å²) >= 11 is 0. The fraction of sp³-hybridized carbons (Fsp3) is 0.476. The summed E-state index contributed by atoms with van der Waals surface area (Å²) in [5.41, 5.74) is 0.0372. The maximum atomic E-state index is 13.1. The number of likely N-dealkylation sites (N-methyl/N-ethyl adjacent to an activating group) is 1. The number of amides is 1. The number of ether oxygens (including phenoxy) is 1. The predicted octanol–water partition coefficient (Wildman–Crippen LogP) is 0.893. The van der Waals surface area contributed by atoms with Crippen molar-refractivity contribution in [3.63, 3.8) is 0 Å². The average Bonchev–Trinajstić information content (AvgIpc) is 2.75. The van der Waals surface area contributed by atoms with Gasteiger partial charge in [-0.05, 0) is 37.7 Å². The third kappa shape index (κ3) is 5.87. The summed E-state index contributed by atoms with van der Waals surface area (Å²) in [6, 6.07) is 8.15. The zero-order valence-electron chi connectivity index (χ0n) is 17.4. The van der Waals surface area contributed by atoms with Crippen LogP contribution in [0.4, 0.5) is 4.39 Å². The topological polar surface area (TPSA) is 79.7 Å². The van der Waals surface area contributed by atoms with Crippen LogP contribution < -0.4 is 15.6 Å². The zero-order valence-corrected chi connectivity index (χ0v) is 17.4. The maximum Gasteiger partial charge on any atom is 0.271 e. The Kier molecular flexibility index (Phi) is 7.53. The fourth-order valence-corrected chi connectivity index (χ4v) is 3.22. The highest BCUT2D eigenvalue weighted by molar-refractivity contribution is 5.81. The van der Waals surface area contributed by atoms with E-state index in [1.54, 1.807) is 0 Å². The molecular formula is C21H28FN5O3. The van der Waals surface area contributed by atoms with Crippen molar-refractivity contribution in [2.24, 2.45) is 0 Å². The number of piperazine rings is 1. The average molecular weight is 417 g/mol. The molecule has 1 aromatic carbocycles. The monoisotopic (exact) mass is 417 g/mol. The van der Waals surface area contributed by atoms with Crippen LogP contribution in [-0.4, -0.2) is 77.9 Å². The lowest BCUT2D eigenvalue weighted by Gasteiger charge is -2.32. The molecule has 0 spiro atoms. The zero-order chi connectivity index (χ0) is 21.5. The molecule has 1 saturated heterocycles. The van der Waals surface area contributed by atoms with E-state index in [-0.39, 0.29) is 17.3 Å². The molecule has 1 aliphatic heterocycles. The Labute approximate surface area is 175 Å². The van der Waals surface area contributed by atoms with E-state index in [0.29, 0.717) is 18.7 Å². The van der Waals surface area contributed by atoms with E-state index in [4.69, 9.17) is 4.74 Å². The van der Waals surface area contributed by atoms with Crippen molar-refractivity contribution < 1.29 is 13.9 Å². The summed E-state index contributed by atoms with van der Waals surface area (Å²) in [5, 5.41) is 7.09. The third-order valence-electron chi connectivity index (χ3n) is 5.10. The molecule has 1 aliphatic rings. The quantitative estimate of drug-likeness (QED) is 0.687. The number of aromatic nitrogens is 2.